The maximum atomic E-state index is 14.8. The lowest BCUT2D eigenvalue weighted by Crippen LogP contribution is -2.62. The van der Waals surface area contributed by atoms with Crippen LogP contribution in [0.15, 0.2) is 36.8 Å². The Morgan fingerprint density at radius 2 is 0.947 bits per heavy atom. The Morgan fingerprint density at radius 1 is 0.513 bits per heavy atom. The summed E-state index contributed by atoms with van der Waals surface area (Å²) in [5.41, 5.74) is 17.4. The van der Waals surface area contributed by atoms with Gasteiger partial charge in [-0.05, 0) is 112 Å². The van der Waals surface area contributed by atoms with Crippen LogP contribution >= 0.6 is 0 Å². The fourth-order valence-corrected chi connectivity index (χ4v) is 11.7. The molecule has 0 spiro atoms. The molecule has 0 radical (unpaired) electrons. The van der Waals surface area contributed by atoms with Gasteiger partial charge in [0.1, 0.15) is 72.2 Å². The number of aliphatic carboxylic acids is 2. The van der Waals surface area contributed by atoms with Crippen LogP contribution in [0, 0.1) is 39.9 Å². The van der Waals surface area contributed by atoms with E-state index in [-0.39, 0.29) is 108 Å². The van der Waals surface area contributed by atoms with E-state index in [0.29, 0.717) is 18.5 Å². The first-order valence-corrected chi connectivity index (χ1v) is 37.8. The van der Waals surface area contributed by atoms with Crippen molar-refractivity contribution in [3.8, 4) is 5.75 Å². The van der Waals surface area contributed by atoms with Crippen LogP contribution in [0.1, 0.15) is 150 Å². The number of aliphatic hydroxyl groups is 1. The molecular formula is C71H118N24O18. The first kappa shape index (κ1) is 95.7. The predicted molar refractivity (Wildman–Crippen MR) is 412 cm³/mol. The van der Waals surface area contributed by atoms with E-state index in [4.69, 9.17) is 33.4 Å². The van der Waals surface area contributed by atoms with Gasteiger partial charge in [0.2, 0.25) is 70.9 Å². The van der Waals surface area contributed by atoms with Crippen LogP contribution in [0.3, 0.4) is 0 Å². The summed E-state index contributed by atoms with van der Waals surface area (Å²) in [6, 6.07) is -11.1. The monoisotopic (exact) mass is 1590 g/mol. The van der Waals surface area contributed by atoms with Crippen LogP contribution in [-0.2, 0) is 80.0 Å². The molecule has 2 aromatic rings. The molecule has 0 unspecified atom stereocenters. The average Bonchev–Trinajstić information content (AvgIpc) is 1.18. The smallest absolute Gasteiger partial charge is 0.326 e. The molecule has 0 saturated carbocycles. The molecule has 113 heavy (non-hydrogen) atoms. The molecule has 1 aromatic carbocycles. The van der Waals surface area contributed by atoms with Crippen molar-refractivity contribution in [3.63, 3.8) is 0 Å². The standard InChI is InChI=1S/C71H118N24O18/c1-9-38(7)55(67(111)91-48(29-36(3)4)63(107)88-47(23-24-53(99)100)60(104)92-50(68(112)113)31-41-32-78-35-84-41)94-62(106)46(18-14-28-82-71(76)77)86-59(103)44(16-12-26-80-69(72)73)89-66(110)56(39(8)10-2)95-65(109)54(37(5)6)93-61(105)45(17-13-27-81-70(74)75)87-64(108)51(34-96)85-52(98)33-83-57(101)49(30-40-19-21-42(97)22-20-40)90-58(102)43-15-11-25-79-43/h19-22,32,35-39,43-51,54-56,79,96-97H,9-18,23-31,33-34H2,1-8H3,(H,78,84)(H,83,101)(H,85,98)(H,86,103)(H,87,108)(H,88,107)(H,89,110)(H,90,102)(H,91,111)(H,92,104)(H,93,105)(H,94,106)(H,95,109)(H,99,100)(H,112,113)(H4,72,73,80)(H4,74,75,81)(H4,76,77,82)/t38-,39-,43-,44-,45-,46-,47-,48-,49-,50-,51-,54-,55-,56-/m0/s1. The lowest BCUT2D eigenvalue weighted by atomic mass is 9.95. The Bertz CT molecular complexity index is 3530. The summed E-state index contributed by atoms with van der Waals surface area (Å²) >= 11 is 0. The van der Waals surface area contributed by atoms with Gasteiger partial charge in [-0.25, -0.2) is 9.78 Å². The normalized spacial score (nSPS) is 15.9. The van der Waals surface area contributed by atoms with Crippen molar-refractivity contribution in [3.05, 3.63) is 48.0 Å². The zero-order valence-corrected chi connectivity index (χ0v) is 65.2. The number of amides is 12. The summed E-state index contributed by atoms with van der Waals surface area (Å²) in [6.45, 7) is 12.1. The number of guanidine groups is 3. The van der Waals surface area contributed by atoms with E-state index in [1.54, 1.807) is 67.5 Å². The van der Waals surface area contributed by atoms with Crippen molar-refractivity contribution in [2.75, 3.05) is 39.3 Å². The molecule has 1 aliphatic rings. The molecular weight excluding hydrogens is 1480 g/mol. The quantitative estimate of drug-likeness (QED) is 0.0167. The van der Waals surface area contributed by atoms with Gasteiger partial charge in [0.15, 0.2) is 17.9 Å². The van der Waals surface area contributed by atoms with Crippen LogP contribution < -0.4 is 102 Å². The number of nitrogens with two attached hydrogens (primary N) is 3. The summed E-state index contributed by atoms with van der Waals surface area (Å²) in [7, 11) is 0. The summed E-state index contributed by atoms with van der Waals surface area (Å²) in [5.74, 6) is -17.4. The fourth-order valence-electron chi connectivity index (χ4n) is 11.7. The number of imidazole rings is 1. The van der Waals surface area contributed by atoms with Gasteiger partial charge >= 0.3 is 11.9 Å². The highest BCUT2D eigenvalue weighted by Gasteiger charge is 2.39. The first-order chi connectivity index (χ1) is 53.4. The van der Waals surface area contributed by atoms with Crippen LogP contribution in [0.2, 0.25) is 0 Å². The number of carboxylic acids is 2. The second-order valence-corrected chi connectivity index (χ2v) is 28.6. The molecule has 42 heteroatoms. The molecule has 0 aliphatic carbocycles. The Morgan fingerprint density at radius 3 is 1.37 bits per heavy atom. The SMILES string of the molecule is CC[C@H](C)[C@H](NC(=O)[C@H](CCCNC(=N)N)NC(=O)[C@H](CCCNC(=N)N)NC(=O)[C@@H](NC(=O)[C@@H](NC(=O)[C@H](CCCNC(=N)N)NC(=O)[C@H](CO)NC(=O)CNC(=O)[C@H](Cc1ccc(O)cc1)NC(=O)[C@@H]1CCCN1)C(C)C)[C@@H](C)CC)C(=O)N[C@@H](CC(C)C)C(=O)N[C@@H](CCC(=O)O)C(=O)N[C@@H](Cc1c[nH]cn1)C(=O)O. The number of aromatic amines is 1. The number of nitrogens with one attached hydrogen (secondary N) is 20. The third-order valence-electron chi connectivity index (χ3n) is 18.5. The number of aliphatic hydroxyl groups excluding tert-OH is 1. The number of benzene rings is 1. The number of carbonyl (C=O) groups excluding carboxylic acids is 12. The number of aromatic nitrogens is 2. The molecule has 1 saturated heterocycles. The van der Waals surface area contributed by atoms with Gasteiger partial charge in [-0.3, -0.25) is 78.6 Å². The Hall–Kier alpha value is -11.5. The van der Waals surface area contributed by atoms with E-state index in [0.717, 1.165) is 6.42 Å². The van der Waals surface area contributed by atoms with Crippen molar-refractivity contribution >= 4 is 101 Å². The van der Waals surface area contributed by atoms with Crippen LogP contribution in [0.5, 0.6) is 5.75 Å². The Balaban J connectivity index is 1.93. The van der Waals surface area contributed by atoms with Crippen LogP contribution in [0.25, 0.3) is 0 Å². The van der Waals surface area contributed by atoms with Gasteiger partial charge in [-0.2, -0.15) is 0 Å². The topological polar surface area (TPSA) is 691 Å². The average molecular weight is 1600 g/mol. The lowest BCUT2D eigenvalue weighted by molar-refractivity contribution is -0.143. The van der Waals surface area contributed by atoms with Crippen LogP contribution in [0.4, 0.5) is 0 Å². The number of phenols is 1. The van der Waals surface area contributed by atoms with E-state index < -0.39 is 217 Å². The van der Waals surface area contributed by atoms with Gasteiger partial charge < -0.3 is 128 Å². The molecule has 42 nitrogen and oxygen atoms in total. The van der Waals surface area contributed by atoms with Crippen molar-refractivity contribution in [1.82, 2.24) is 95.0 Å². The molecule has 2 heterocycles. The summed E-state index contributed by atoms with van der Waals surface area (Å²) in [4.78, 5) is 201. The van der Waals surface area contributed by atoms with E-state index in [1.807, 2.05) is 0 Å². The summed E-state index contributed by atoms with van der Waals surface area (Å²) in [6.07, 6.45) is 2.53. The third kappa shape index (κ3) is 35.6. The maximum Gasteiger partial charge on any atom is 0.326 e. The zero-order chi connectivity index (χ0) is 84.6. The fraction of sp³-hybridized carbons (Fsp3) is 0.634. The van der Waals surface area contributed by atoms with Crippen LogP contribution in [-0.4, -0.2) is 243 Å². The Kier molecular flexibility index (Phi) is 42.1. The molecule has 3 rings (SSSR count). The second-order valence-electron chi connectivity index (χ2n) is 28.6. The minimum atomic E-state index is -1.73. The Labute approximate surface area is 655 Å². The minimum Gasteiger partial charge on any atom is -0.508 e. The van der Waals surface area contributed by atoms with Crippen molar-refractivity contribution in [1.29, 1.82) is 16.2 Å². The third-order valence-corrected chi connectivity index (χ3v) is 18.5. The molecule has 1 fully saturated rings. The largest absolute Gasteiger partial charge is 0.508 e. The van der Waals surface area contributed by atoms with Gasteiger partial charge in [0.25, 0.3) is 0 Å². The summed E-state index contributed by atoms with van der Waals surface area (Å²) < 4.78 is 0. The highest BCUT2D eigenvalue weighted by molar-refractivity contribution is 6.00. The number of hydrogen-bond donors (Lipinski definition) is 27. The molecule has 1 aromatic heterocycles. The van der Waals surface area contributed by atoms with E-state index in [2.05, 4.69) is 95.0 Å². The number of aromatic hydroxyl groups is 1. The van der Waals surface area contributed by atoms with Gasteiger partial charge in [-0.1, -0.05) is 80.4 Å². The van der Waals surface area contributed by atoms with Crippen molar-refractivity contribution < 1.29 is 87.5 Å². The number of rotatable bonds is 52. The van der Waals surface area contributed by atoms with Gasteiger partial charge in [0.05, 0.1) is 31.2 Å². The number of carbonyl (C=O) groups is 14. The minimum absolute atomic E-state index is 0.00265. The summed E-state index contributed by atoms with van der Waals surface area (Å²) in [5, 5.41) is 104. The second kappa shape index (κ2) is 49.7. The van der Waals surface area contributed by atoms with Gasteiger partial charge in [-0.15, -0.1) is 0 Å². The number of H-pyrrole nitrogens is 1. The molecule has 0 bridgehead atoms. The zero-order valence-electron chi connectivity index (χ0n) is 65.2. The first-order valence-electron chi connectivity index (χ1n) is 37.8. The van der Waals surface area contributed by atoms with Gasteiger partial charge in [0, 0.05) is 45.1 Å². The molecule has 12 amide bonds. The van der Waals surface area contributed by atoms with Crippen molar-refractivity contribution in [2.45, 2.75) is 224 Å². The number of phenolic OH excluding ortho intramolecular Hbond substituents is 1. The van der Waals surface area contributed by atoms with Crippen molar-refractivity contribution in [2.24, 2.45) is 40.9 Å². The number of hydrogen-bond acceptors (Lipinski definition) is 21. The molecule has 1 aliphatic heterocycles. The molecule has 14 atom stereocenters. The van der Waals surface area contributed by atoms with E-state index >= 15 is 0 Å². The number of carboxylic acid groups (broad SMARTS) is 2. The molecule has 630 valence electrons. The van der Waals surface area contributed by atoms with E-state index in [9.17, 15) is 87.5 Å². The highest BCUT2D eigenvalue weighted by Crippen LogP contribution is 2.18. The highest BCUT2D eigenvalue weighted by atomic mass is 16.4. The predicted octanol–water partition coefficient (Wildman–Crippen LogP) is -5.37. The molecule has 30 N–H and O–H groups in total. The maximum absolute atomic E-state index is 14.8. The van der Waals surface area contributed by atoms with E-state index in [1.165, 1.54) is 24.7 Å². The lowest BCUT2D eigenvalue weighted by Gasteiger charge is -2.31. The number of nitrogens with zero attached hydrogens (tertiary/aromatic N) is 1.